The van der Waals surface area contributed by atoms with Crippen LogP contribution in [0.2, 0.25) is 0 Å². The van der Waals surface area contributed by atoms with Gasteiger partial charge in [0.25, 0.3) is 0 Å². The molecule has 3 saturated heterocycles. The predicted molar refractivity (Wildman–Crippen MR) is 124 cm³/mol. The van der Waals surface area contributed by atoms with Crippen LogP contribution in [0.25, 0.3) is 0 Å². The number of fused-ring (bicyclic) bond motifs is 1. The molecule has 0 spiro atoms. The number of nitrogens with one attached hydrogen (secondary N) is 3. The van der Waals surface area contributed by atoms with Crippen LogP contribution in [0.15, 0.2) is 0 Å². The Hall–Kier alpha value is -1.62. The SMILES string of the molecule is COC(=O)N1C2CCC(C3CNN(CC4CNCNC4)C3)CC2N(C(=O)OC(C)C)C[C@@H]1C. The normalized spacial score (nSPS) is 33.8. The van der Waals surface area contributed by atoms with Crippen LogP contribution in [0.1, 0.15) is 40.0 Å². The lowest BCUT2D eigenvalue weighted by Crippen LogP contribution is -2.67. The van der Waals surface area contributed by atoms with E-state index in [4.69, 9.17) is 9.47 Å². The van der Waals surface area contributed by atoms with E-state index < -0.39 is 0 Å². The second kappa shape index (κ2) is 10.8. The molecule has 10 heteroatoms. The van der Waals surface area contributed by atoms with Crippen molar-refractivity contribution < 1.29 is 19.1 Å². The smallest absolute Gasteiger partial charge is 0.410 e. The Bertz CT molecular complexity index is 688. The first-order chi connectivity index (χ1) is 15.9. The van der Waals surface area contributed by atoms with Gasteiger partial charge in [-0.05, 0) is 57.8 Å². The summed E-state index contributed by atoms with van der Waals surface area (Å²) in [4.78, 5) is 29.3. The van der Waals surface area contributed by atoms with Gasteiger partial charge in [0.05, 0.1) is 31.3 Å². The average molecular weight is 467 g/mol. The standard InChI is InChI=1S/C23H42N6O4/c1-15(2)33-22(30)28-11-16(3)29(23(31)32-4)20-6-5-18(7-21(20)28)19-10-26-27(13-19)12-17-8-24-14-25-9-17/h15-21,24-26H,5-14H2,1-4H3/t16-,18?,19?,20?,21?/m0/s1. The Balaban J connectivity index is 1.43. The molecule has 4 rings (SSSR count). The number of hydrazine groups is 1. The summed E-state index contributed by atoms with van der Waals surface area (Å²) in [5.41, 5.74) is 3.61. The third kappa shape index (κ3) is 5.55. The number of carbonyl (C=O) groups is 2. The number of carbonyl (C=O) groups excluding carboxylic acids is 2. The van der Waals surface area contributed by atoms with Gasteiger partial charge < -0.3 is 25.0 Å². The summed E-state index contributed by atoms with van der Waals surface area (Å²) in [6.45, 7) is 12.3. The molecule has 2 amide bonds. The van der Waals surface area contributed by atoms with Crippen molar-refractivity contribution in [3.8, 4) is 0 Å². The third-order valence-corrected chi connectivity index (χ3v) is 7.76. The minimum Gasteiger partial charge on any atom is -0.453 e. The zero-order valence-electron chi connectivity index (χ0n) is 20.6. The van der Waals surface area contributed by atoms with Gasteiger partial charge in [-0.15, -0.1) is 0 Å². The minimum absolute atomic E-state index is 0.0259. The predicted octanol–water partition coefficient (Wildman–Crippen LogP) is 1.04. The zero-order chi connectivity index (χ0) is 23.5. The highest BCUT2D eigenvalue weighted by atomic mass is 16.6. The molecule has 4 unspecified atom stereocenters. The molecule has 1 saturated carbocycles. The Morgan fingerprint density at radius 1 is 1.00 bits per heavy atom. The van der Waals surface area contributed by atoms with Crippen molar-refractivity contribution in [3.05, 3.63) is 0 Å². The number of amides is 2. The highest BCUT2D eigenvalue weighted by Crippen LogP contribution is 2.40. The second-order valence-corrected chi connectivity index (χ2v) is 10.5. The number of ether oxygens (including phenoxy) is 2. The summed E-state index contributed by atoms with van der Waals surface area (Å²) >= 11 is 0. The third-order valence-electron chi connectivity index (χ3n) is 7.76. The molecular formula is C23H42N6O4. The molecule has 0 aromatic heterocycles. The van der Waals surface area contributed by atoms with E-state index in [9.17, 15) is 9.59 Å². The van der Waals surface area contributed by atoms with Gasteiger partial charge in [0, 0.05) is 45.9 Å². The van der Waals surface area contributed by atoms with Gasteiger partial charge >= 0.3 is 12.2 Å². The van der Waals surface area contributed by atoms with Gasteiger partial charge in [-0.1, -0.05) is 0 Å². The van der Waals surface area contributed by atoms with Crippen LogP contribution in [0.4, 0.5) is 9.59 Å². The van der Waals surface area contributed by atoms with Crippen molar-refractivity contribution in [2.24, 2.45) is 17.8 Å². The van der Waals surface area contributed by atoms with Gasteiger partial charge in [-0.3, -0.25) is 10.3 Å². The fraction of sp³-hybridized carbons (Fsp3) is 0.913. The average Bonchev–Trinajstić information content (AvgIpc) is 3.26. The molecule has 10 nitrogen and oxygen atoms in total. The molecule has 3 N–H and O–H groups in total. The topological polar surface area (TPSA) is 98.4 Å². The largest absolute Gasteiger partial charge is 0.453 e. The molecule has 0 bridgehead atoms. The van der Waals surface area contributed by atoms with Gasteiger partial charge in [-0.25, -0.2) is 14.6 Å². The van der Waals surface area contributed by atoms with Gasteiger partial charge in [0.1, 0.15) is 0 Å². The van der Waals surface area contributed by atoms with Crippen molar-refractivity contribution in [3.63, 3.8) is 0 Å². The van der Waals surface area contributed by atoms with E-state index in [-0.39, 0.29) is 36.4 Å². The van der Waals surface area contributed by atoms with Crippen LogP contribution in [0.3, 0.4) is 0 Å². The first-order valence-corrected chi connectivity index (χ1v) is 12.6. The summed E-state index contributed by atoms with van der Waals surface area (Å²) in [6.07, 6.45) is 2.11. The molecule has 3 heterocycles. The molecule has 188 valence electrons. The molecule has 1 aliphatic carbocycles. The Labute approximate surface area is 197 Å². The van der Waals surface area contributed by atoms with Crippen LogP contribution in [-0.2, 0) is 9.47 Å². The quantitative estimate of drug-likeness (QED) is 0.566. The van der Waals surface area contributed by atoms with E-state index in [0.717, 1.165) is 58.7 Å². The number of methoxy groups -OCH3 is 1. The van der Waals surface area contributed by atoms with Crippen molar-refractivity contribution in [1.82, 2.24) is 30.9 Å². The summed E-state index contributed by atoms with van der Waals surface area (Å²) in [5, 5.41) is 9.19. The highest BCUT2D eigenvalue weighted by molar-refractivity contribution is 5.72. The fourth-order valence-corrected chi connectivity index (χ4v) is 6.25. The maximum absolute atomic E-state index is 13.0. The molecule has 0 aromatic rings. The maximum Gasteiger partial charge on any atom is 0.410 e. The van der Waals surface area contributed by atoms with Crippen molar-refractivity contribution in [1.29, 1.82) is 0 Å². The minimum atomic E-state index is -0.295. The van der Waals surface area contributed by atoms with Gasteiger partial charge in [0.15, 0.2) is 0 Å². The van der Waals surface area contributed by atoms with Crippen molar-refractivity contribution >= 4 is 12.2 Å². The first-order valence-electron chi connectivity index (χ1n) is 12.6. The van der Waals surface area contributed by atoms with Crippen molar-refractivity contribution in [2.45, 2.75) is 64.3 Å². The number of rotatable bonds is 4. The van der Waals surface area contributed by atoms with E-state index >= 15 is 0 Å². The monoisotopic (exact) mass is 466 g/mol. The zero-order valence-corrected chi connectivity index (χ0v) is 20.6. The Kier molecular flexibility index (Phi) is 7.99. The lowest BCUT2D eigenvalue weighted by Gasteiger charge is -2.53. The summed E-state index contributed by atoms with van der Waals surface area (Å²) in [6, 6.07) is -0.163. The van der Waals surface area contributed by atoms with Gasteiger partial charge in [0.2, 0.25) is 0 Å². The molecule has 0 aromatic carbocycles. The van der Waals surface area contributed by atoms with Crippen LogP contribution in [0, 0.1) is 17.8 Å². The first kappa shape index (κ1) is 24.5. The summed E-state index contributed by atoms with van der Waals surface area (Å²) < 4.78 is 10.7. The van der Waals surface area contributed by atoms with E-state index in [1.807, 2.05) is 30.6 Å². The fourth-order valence-electron chi connectivity index (χ4n) is 6.25. The van der Waals surface area contributed by atoms with Crippen LogP contribution < -0.4 is 16.1 Å². The number of nitrogens with zero attached hydrogens (tertiary/aromatic N) is 3. The van der Waals surface area contributed by atoms with Crippen LogP contribution in [0.5, 0.6) is 0 Å². The van der Waals surface area contributed by atoms with Crippen LogP contribution >= 0.6 is 0 Å². The summed E-state index contributed by atoms with van der Waals surface area (Å²) in [5.74, 6) is 1.66. The second-order valence-electron chi connectivity index (χ2n) is 10.5. The number of hydrogen-bond donors (Lipinski definition) is 3. The highest BCUT2D eigenvalue weighted by Gasteiger charge is 2.49. The van der Waals surface area contributed by atoms with E-state index in [2.05, 4.69) is 21.1 Å². The molecular weight excluding hydrogens is 424 g/mol. The number of piperazine rings is 1. The molecule has 0 radical (unpaired) electrons. The lowest BCUT2D eigenvalue weighted by atomic mass is 9.73. The molecule has 33 heavy (non-hydrogen) atoms. The van der Waals surface area contributed by atoms with E-state index in [0.29, 0.717) is 24.3 Å². The van der Waals surface area contributed by atoms with E-state index in [1.165, 1.54) is 7.11 Å². The maximum atomic E-state index is 13.0. The molecule has 4 aliphatic rings. The molecule has 3 aliphatic heterocycles. The van der Waals surface area contributed by atoms with Crippen LogP contribution in [-0.4, -0.2) is 104 Å². The summed E-state index contributed by atoms with van der Waals surface area (Å²) in [7, 11) is 1.44. The van der Waals surface area contributed by atoms with Gasteiger partial charge in [-0.2, -0.15) is 0 Å². The molecule has 5 atom stereocenters. The van der Waals surface area contributed by atoms with Crippen molar-refractivity contribution in [2.75, 3.05) is 53.0 Å². The number of hydrogen-bond acceptors (Lipinski definition) is 8. The molecule has 4 fully saturated rings. The Morgan fingerprint density at radius 2 is 1.76 bits per heavy atom. The van der Waals surface area contributed by atoms with E-state index in [1.54, 1.807) is 0 Å². The Morgan fingerprint density at radius 3 is 2.45 bits per heavy atom. The lowest BCUT2D eigenvalue weighted by molar-refractivity contribution is -0.0444.